The minimum absolute atomic E-state index is 0.0376. The molecule has 3 rings (SSSR count). The number of halogens is 3. The number of nitrogens with one attached hydrogen (secondary N) is 1. The van der Waals surface area contributed by atoms with Gasteiger partial charge in [-0.05, 0) is 35.4 Å². The average molecular weight is 321 g/mol. The Kier molecular flexibility index (Phi) is 3.66. The summed E-state index contributed by atoms with van der Waals surface area (Å²) in [4.78, 5) is 17.0. The van der Waals surface area contributed by atoms with Crippen molar-refractivity contribution in [2.45, 2.75) is 5.54 Å². The summed E-state index contributed by atoms with van der Waals surface area (Å²) in [6.45, 7) is 0. The maximum absolute atomic E-state index is 13.2. The standard InChI is InChI=1S/C16H11ClF2N2O/c17-9-14-20-15(22)16(21-14,10-1-5-12(18)6-2-10)11-3-7-13(19)8-4-11/h1-8H,9H2,(H,20,21,22). The van der Waals surface area contributed by atoms with Gasteiger partial charge in [0.25, 0.3) is 5.91 Å². The molecule has 112 valence electrons. The molecule has 6 heteroatoms. The van der Waals surface area contributed by atoms with Crippen LogP contribution in [0.3, 0.4) is 0 Å². The van der Waals surface area contributed by atoms with E-state index in [1.807, 2.05) is 0 Å². The fraction of sp³-hybridized carbons (Fsp3) is 0.125. The summed E-state index contributed by atoms with van der Waals surface area (Å²) >= 11 is 5.76. The normalized spacial score (nSPS) is 16.3. The van der Waals surface area contributed by atoms with Gasteiger partial charge in [0.15, 0.2) is 5.54 Å². The number of rotatable bonds is 3. The first-order valence-corrected chi connectivity index (χ1v) is 7.08. The minimum atomic E-state index is -1.38. The highest BCUT2D eigenvalue weighted by molar-refractivity contribution is 6.31. The van der Waals surface area contributed by atoms with E-state index in [4.69, 9.17) is 11.6 Å². The Hall–Kier alpha value is -2.27. The number of hydrogen-bond donors (Lipinski definition) is 1. The van der Waals surface area contributed by atoms with E-state index in [2.05, 4.69) is 10.3 Å². The molecule has 0 atom stereocenters. The van der Waals surface area contributed by atoms with Gasteiger partial charge in [0.2, 0.25) is 0 Å². The summed E-state index contributed by atoms with van der Waals surface area (Å²) < 4.78 is 26.4. The fourth-order valence-corrected chi connectivity index (χ4v) is 2.63. The maximum atomic E-state index is 13.2. The van der Waals surface area contributed by atoms with Crippen LogP contribution in [-0.2, 0) is 10.3 Å². The van der Waals surface area contributed by atoms with Crippen LogP contribution in [0.4, 0.5) is 8.78 Å². The molecule has 0 bridgehead atoms. The molecular weight excluding hydrogens is 310 g/mol. The van der Waals surface area contributed by atoms with Crippen LogP contribution in [0.1, 0.15) is 11.1 Å². The Morgan fingerprint density at radius 2 is 1.41 bits per heavy atom. The molecule has 1 aliphatic heterocycles. The van der Waals surface area contributed by atoms with Gasteiger partial charge in [0.1, 0.15) is 17.5 Å². The first-order valence-electron chi connectivity index (χ1n) is 6.54. The van der Waals surface area contributed by atoms with Crippen LogP contribution in [0, 0.1) is 11.6 Å². The van der Waals surface area contributed by atoms with Crippen LogP contribution < -0.4 is 5.32 Å². The second-order valence-corrected chi connectivity index (χ2v) is 5.14. The summed E-state index contributed by atoms with van der Waals surface area (Å²) in [6, 6.07) is 10.9. The predicted octanol–water partition coefficient (Wildman–Crippen LogP) is 2.98. The molecule has 0 fully saturated rings. The lowest BCUT2D eigenvalue weighted by Crippen LogP contribution is -2.38. The van der Waals surface area contributed by atoms with Crippen LogP contribution in [-0.4, -0.2) is 17.6 Å². The summed E-state index contributed by atoms with van der Waals surface area (Å²) in [5.41, 5.74) is -0.415. The van der Waals surface area contributed by atoms with Crippen LogP contribution >= 0.6 is 11.6 Å². The lowest BCUT2D eigenvalue weighted by atomic mass is 9.83. The number of alkyl halides is 1. The molecule has 3 nitrogen and oxygen atoms in total. The summed E-state index contributed by atoms with van der Waals surface area (Å²) in [5, 5.41) is 2.61. The van der Waals surface area contributed by atoms with Gasteiger partial charge in [-0.3, -0.25) is 4.79 Å². The number of nitrogens with zero attached hydrogens (tertiary/aromatic N) is 1. The molecule has 1 heterocycles. The number of amides is 1. The van der Waals surface area contributed by atoms with Gasteiger partial charge in [-0.1, -0.05) is 24.3 Å². The van der Waals surface area contributed by atoms with E-state index >= 15 is 0 Å². The fourth-order valence-electron chi connectivity index (χ4n) is 2.51. The van der Waals surface area contributed by atoms with Gasteiger partial charge >= 0.3 is 0 Å². The molecule has 0 radical (unpaired) electrons. The molecule has 2 aromatic carbocycles. The minimum Gasteiger partial charge on any atom is -0.311 e. The van der Waals surface area contributed by atoms with E-state index in [1.54, 1.807) is 0 Å². The lowest BCUT2D eigenvalue weighted by Gasteiger charge is -2.24. The van der Waals surface area contributed by atoms with Crippen LogP contribution in [0.25, 0.3) is 0 Å². The van der Waals surface area contributed by atoms with Crippen molar-refractivity contribution in [1.29, 1.82) is 0 Å². The van der Waals surface area contributed by atoms with Crippen molar-refractivity contribution in [2.75, 3.05) is 5.88 Å². The average Bonchev–Trinajstić information content (AvgIpc) is 2.86. The molecule has 0 spiro atoms. The monoisotopic (exact) mass is 320 g/mol. The van der Waals surface area contributed by atoms with Crippen molar-refractivity contribution >= 4 is 23.3 Å². The van der Waals surface area contributed by atoms with Crippen LogP contribution in [0.5, 0.6) is 0 Å². The first kappa shape index (κ1) is 14.7. The largest absolute Gasteiger partial charge is 0.311 e. The molecule has 2 aromatic rings. The summed E-state index contributed by atoms with van der Waals surface area (Å²) in [6.07, 6.45) is 0. The highest BCUT2D eigenvalue weighted by Crippen LogP contribution is 2.37. The Bertz CT molecular complexity index is 696. The number of aliphatic imine (C=N–C) groups is 1. The van der Waals surface area contributed by atoms with Crippen molar-refractivity contribution in [3.63, 3.8) is 0 Å². The van der Waals surface area contributed by atoms with E-state index in [0.29, 0.717) is 17.0 Å². The summed E-state index contributed by atoms with van der Waals surface area (Å²) in [7, 11) is 0. The lowest BCUT2D eigenvalue weighted by molar-refractivity contribution is -0.122. The molecule has 0 saturated carbocycles. The second-order valence-electron chi connectivity index (χ2n) is 4.87. The predicted molar refractivity (Wildman–Crippen MR) is 79.9 cm³/mol. The van der Waals surface area contributed by atoms with Crippen molar-refractivity contribution in [3.8, 4) is 0 Å². The van der Waals surface area contributed by atoms with E-state index in [9.17, 15) is 13.6 Å². The van der Waals surface area contributed by atoms with Crippen molar-refractivity contribution in [2.24, 2.45) is 4.99 Å². The topological polar surface area (TPSA) is 41.5 Å². The van der Waals surface area contributed by atoms with Crippen molar-refractivity contribution in [3.05, 3.63) is 71.3 Å². The van der Waals surface area contributed by atoms with E-state index in [1.165, 1.54) is 48.5 Å². The smallest absolute Gasteiger partial charge is 0.262 e. The number of hydrogen-bond acceptors (Lipinski definition) is 2. The SMILES string of the molecule is O=C1NC(CCl)=NC1(c1ccc(F)cc1)c1ccc(F)cc1. The van der Waals surface area contributed by atoms with Crippen molar-refractivity contribution in [1.82, 2.24) is 5.32 Å². The Morgan fingerprint density at radius 1 is 0.955 bits per heavy atom. The molecule has 22 heavy (non-hydrogen) atoms. The van der Waals surface area contributed by atoms with Gasteiger partial charge in [0, 0.05) is 0 Å². The van der Waals surface area contributed by atoms with Gasteiger partial charge < -0.3 is 5.32 Å². The second kappa shape index (κ2) is 5.50. The van der Waals surface area contributed by atoms with E-state index in [-0.39, 0.29) is 5.88 Å². The molecule has 1 amide bonds. The summed E-state index contributed by atoms with van der Waals surface area (Å²) in [5.74, 6) is -0.881. The zero-order valence-electron chi connectivity index (χ0n) is 11.3. The van der Waals surface area contributed by atoms with Crippen LogP contribution in [0.15, 0.2) is 53.5 Å². The zero-order chi connectivity index (χ0) is 15.7. The highest BCUT2D eigenvalue weighted by atomic mass is 35.5. The number of amidine groups is 1. The van der Waals surface area contributed by atoms with Gasteiger partial charge in [-0.2, -0.15) is 0 Å². The van der Waals surface area contributed by atoms with Crippen molar-refractivity contribution < 1.29 is 13.6 Å². The molecule has 1 N–H and O–H groups in total. The van der Waals surface area contributed by atoms with Gasteiger partial charge in [0.05, 0.1) is 5.88 Å². The number of carbonyl (C=O) groups is 1. The van der Waals surface area contributed by atoms with Gasteiger partial charge in [-0.15, -0.1) is 11.6 Å². The molecule has 0 aromatic heterocycles. The van der Waals surface area contributed by atoms with Gasteiger partial charge in [-0.25, -0.2) is 13.8 Å². The molecule has 0 saturated heterocycles. The van der Waals surface area contributed by atoms with Crippen LogP contribution in [0.2, 0.25) is 0 Å². The van der Waals surface area contributed by atoms with E-state index in [0.717, 1.165) is 0 Å². The van der Waals surface area contributed by atoms with E-state index < -0.39 is 23.1 Å². The Labute approximate surface area is 130 Å². The first-order chi connectivity index (χ1) is 10.6. The molecular formula is C16H11ClF2N2O. The Morgan fingerprint density at radius 3 is 1.77 bits per heavy atom. The third kappa shape index (κ3) is 2.27. The maximum Gasteiger partial charge on any atom is 0.262 e. The molecule has 0 aliphatic carbocycles. The quantitative estimate of drug-likeness (QED) is 0.868. The highest BCUT2D eigenvalue weighted by Gasteiger charge is 2.46. The molecule has 0 unspecified atom stereocenters. The number of benzene rings is 2. The Balaban J connectivity index is 2.23. The number of carbonyl (C=O) groups excluding carboxylic acids is 1. The zero-order valence-corrected chi connectivity index (χ0v) is 12.1. The molecule has 1 aliphatic rings. The third-order valence-electron chi connectivity index (χ3n) is 3.54. The third-order valence-corrected chi connectivity index (χ3v) is 3.79.